The van der Waals surface area contributed by atoms with Crippen LogP contribution in [0.5, 0.6) is 0 Å². The molecule has 0 aliphatic heterocycles. The van der Waals surface area contributed by atoms with Crippen molar-refractivity contribution >= 4 is 46.2 Å². The number of aromatic nitrogens is 2. The van der Waals surface area contributed by atoms with Gasteiger partial charge in [-0.1, -0.05) is 11.6 Å². The van der Waals surface area contributed by atoms with Crippen LogP contribution in [0.1, 0.15) is 6.92 Å². The van der Waals surface area contributed by atoms with Crippen LogP contribution < -0.4 is 16.0 Å². The number of nitrogens with zero attached hydrogens (tertiary/aromatic N) is 2. The van der Waals surface area contributed by atoms with Crippen LogP contribution in [0, 0.1) is 5.82 Å². The van der Waals surface area contributed by atoms with E-state index in [9.17, 15) is 9.18 Å². The van der Waals surface area contributed by atoms with E-state index < -0.39 is 5.82 Å². The number of hydrogen-bond acceptors (Lipinski definition) is 5. The Bertz CT molecular complexity index is 933. The molecule has 0 aliphatic carbocycles. The molecule has 1 heterocycles. The summed E-state index contributed by atoms with van der Waals surface area (Å²) in [7, 11) is 0. The average molecular weight is 372 g/mol. The molecule has 26 heavy (non-hydrogen) atoms. The van der Waals surface area contributed by atoms with Gasteiger partial charge in [-0.15, -0.1) is 0 Å². The third kappa shape index (κ3) is 4.67. The summed E-state index contributed by atoms with van der Waals surface area (Å²) in [6.07, 6.45) is 1.40. The molecule has 3 N–H and O–H groups in total. The second-order valence-electron chi connectivity index (χ2n) is 5.43. The number of benzene rings is 2. The van der Waals surface area contributed by atoms with Crippen LogP contribution in [-0.4, -0.2) is 15.9 Å². The summed E-state index contributed by atoms with van der Waals surface area (Å²) in [5.74, 6) is 0.492. The van der Waals surface area contributed by atoms with Gasteiger partial charge in [0.25, 0.3) is 0 Å². The number of anilines is 5. The van der Waals surface area contributed by atoms with Crippen molar-refractivity contribution < 1.29 is 9.18 Å². The van der Waals surface area contributed by atoms with Crippen molar-refractivity contribution in [1.82, 2.24) is 9.97 Å². The van der Waals surface area contributed by atoms with Crippen LogP contribution in [0.4, 0.5) is 33.1 Å². The van der Waals surface area contributed by atoms with Crippen LogP contribution in [0.2, 0.25) is 5.02 Å². The first-order valence-corrected chi connectivity index (χ1v) is 8.06. The van der Waals surface area contributed by atoms with E-state index in [1.807, 2.05) is 12.1 Å². The third-order valence-corrected chi connectivity index (χ3v) is 3.63. The van der Waals surface area contributed by atoms with Crippen molar-refractivity contribution in [3.8, 4) is 0 Å². The van der Waals surface area contributed by atoms with Gasteiger partial charge < -0.3 is 16.0 Å². The summed E-state index contributed by atoms with van der Waals surface area (Å²) in [6, 6.07) is 13.2. The zero-order valence-electron chi connectivity index (χ0n) is 13.8. The van der Waals surface area contributed by atoms with Gasteiger partial charge in [0.15, 0.2) is 0 Å². The highest BCUT2D eigenvalue weighted by Crippen LogP contribution is 2.23. The smallest absolute Gasteiger partial charge is 0.221 e. The van der Waals surface area contributed by atoms with E-state index in [1.54, 1.807) is 24.3 Å². The Morgan fingerprint density at radius 3 is 2.12 bits per heavy atom. The highest BCUT2D eigenvalue weighted by molar-refractivity contribution is 6.31. The van der Waals surface area contributed by atoms with Gasteiger partial charge in [0.2, 0.25) is 5.91 Å². The van der Waals surface area contributed by atoms with Gasteiger partial charge in [-0.3, -0.25) is 4.79 Å². The van der Waals surface area contributed by atoms with Crippen LogP contribution >= 0.6 is 11.6 Å². The topological polar surface area (TPSA) is 78.9 Å². The third-order valence-electron chi connectivity index (χ3n) is 3.34. The summed E-state index contributed by atoms with van der Waals surface area (Å²) in [5.41, 5.74) is 2.12. The van der Waals surface area contributed by atoms with Gasteiger partial charge in [-0.25, -0.2) is 14.4 Å². The number of carbonyl (C=O) groups is 1. The van der Waals surface area contributed by atoms with E-state index >= 15 is 0 Å². The maximum absolute atomic E-state index is 13.2. The Balaban J connectivity index is 1.70. The predicted molar refractivity (Wildman–Crippen MR) is 101 cm³/mol. The molecular formula is C18H15ClFN5O. The molecule has 0 atom stereocenters. The van der Waals surface area contributed by atoms with E-state index in [0.717, 1.165) is 5.69 Å². The second-order valence-corrected chi connectivity index (χ2v) is 5.83. The molecule has 0 fully saturated rings. The molecule has 0 radical (unpaired) electrons. The highest BCUT2D eigenvalue weighted by Gasteiger charge is 2.04. The number of carbonyl (C=O) groups excluding carboxylic acids is 1. The van der Waals surface area contributed by atoms with E-state index in [2.05, 4.69) is 25.9 Å². The molecule has 0 spiro atoms. The summed E-state index contributed by atoms with van der Waals surface area (Å²) in [6.45, 7) is 1.45. The second kappa shape index (κ2) is 7.79. The minimum absolute atomic E-state index is 0.0293. The largest absolute Gasteiger partial charge is 0.340 e. The number of amides is 1. The minimum Gasteiger partial charge on any atom is -0.340 e. The fraction of sp³-hybridized carbons (Fsp3) is 0.0556. The SMILES string of the molecule is CC(=O)Nc1ccc(Nc2cc(Nc3ccc(F)c(Cl)c3)ncn2)cc1. The zero-order valence-corrected chi connectivity index (χ0v) is 14.5. The molecule has 6 nitrogen and oxygen atoms in total. The molecule has 1 amide bonds. The van der Waals surface area contributed by atoms with Crippen LogP contribution in [-0.2, 0) is 4.79 Å². The fourth-order valence-corrected chi connectivity index (χ4v) is 2.38. The summed E-state index contributed by atoms with van der Waals surface area (Å²) in [5, 5.41) is 8.91. The Kier molecular flexibility index (Phi) is 5.28. The number of halogens is 2. The number of hydrogen-bond donors (Lipinski definition) is 3. The highest BCUT2D eigenvalue weighted by atomic mass is 35.5. The molecule has 0 saturated carbocycles. The molecule has 1 aromatic heterocycles. The lowest BCUT2D eigenvalue weighted by atomic mass is 10.2. The lowest BCUT2D eigenvalue weighted by Crippen LogP contribution is -2.05. The van der Waals surface area contributed by atoms with Crippen LogP contribution in [0.15, 0.2) is 54.9 Å². The monoisotopic (exact) mass is 371 g/mol. The Morgan fingerprint density at radius 1 is 0.923 bits per heavy atom. The predicted octanol–water partition coefficient (Wildman–Crippen LogP) is 4.71. The first kappa shape index (κ1) is 17.6. The van der Waals surface area contributed by atoms with E-state index in [0.29, 0.717) is 23.0 Å². The lowest BCUT2D eigenvalue weighted by Gasteiger charge is -2.10. The van der Waals surface area contributed by atoms with E-state index in [1.165, 1.54) is 25.4 Å². The summed E-state index contributed by atoms with van der Waals surface area (Å²) in [4.78, 5) is 19.3. The molecule has 0 saturated heterocycles. The Morgan fingerprint density at radius 2 is 1.50 bits per heavy atom. The standard InChI is InChI=1S/C18H15ClFN5O/c1-11(26)23-12-2-4-13(5-3-12)24-17-9-18(22-10-21-17)25-14-6-7-16(20)15(19)8-14/h2-10H,1H3,(H,23,26)(H2,21,22,24,25). The van der Waals surface area contributed by atoms with E-state index in [-0.39, 0.29) is 10.9 Å². The van der Waals surface area contributed by atoms with Gasteiger partial charge in [0, 0.05) is 30.1 Å². The van der Waals surface area contributed by atoms with Crippen molar-refractivity contribution in [3.63, 3.8) is 0 Å². The lowest BCUT2D eigenvalue weighted by molar-refractivity contribution is -0.114. The quantitative estimate of drug-likeness (QED) is 0.605. The molecule has 0 unspecified atom stereocenters. The Hall–Kier alpha value is -3.19. The van der Waals surface area contributed by atoms with Gasteiger partial charge in [-0.05, 0) is 42.5 Å². The Labute approximate surface area is 154 Å². The molecule has 0 aliphatic rings. The van der Waals surface area contributed by atoms with Crippen molar-refractivity contribution in [2.24, 2.45) is 0 Å². The van der Waals surface area contributed by atoms with Crippen molar-refractivity contribution in [1.29, 1.82) is 0 Å². The maximum atomic E-state index is 13.2. The molecule has 8 heteroatoms. The number of nitrogens with one attached hydrogen (secondary N) is 3. The van der Waals surface area contributed by atoms with Gasteiger partial charge in [-0.2, -0.15) is 0 Å². The van der Waals surface area contributed by atoms with Gasteiger partial charge >= 0.3 is 0 Å². The molecule has 3 aromatic rings. The van der Waals surface area contributed by atoms with Gasteiger partial charge in [0.1, 0.15) is 23.8 Å². The first-order chi connectivity index (χ1) is 12.5. The molecule has 0 bridgehead atoms. The minimum atomic E-state index is -0.482. The fourth-order valence-electron chi connectivity index (χ4n) is 2.20. The number of rotatable bonds is 5. The van der Waals surface area contributed by atoms with Crippen molar-refractivity contribution in [2.45, 2.75) is 6.92 Å². The van der Waals surface area contributed by atoms with Crippen molar-refractivity contribution in [2.75, 3.05) is 16.0 Å². The zero-order chi connectivity index (χ0) is 18.5. The molecule has 3 rings (SSSR count). The average Bonchev–Trinajstić information content (AvgIpc) is 2.60. The summed E-state index contributed by atoms with van der Waals surface area (Å²) >= 11 is 5.78. The molecular weight excluding hydrogens is 357 g/mol. The van der Waals surface area contributed by atoms with Crippen LogP contribution in [0.25, 0.3) is 0 Å². The van der Waals surface area contributed by atoms with Gasteiger partial charge in [0.05, 0.1) is 5.02 Å². The van der Waals surface area contributed by atoms with E-state index in [4.69, 9.17) is 11.6 Å². The molecule has 132 valence electrons. The first-order valence-electron chi connectivity index (χ1n) is 7.68. The normalized spacial score (nSPS) is 10.3. The molecule has 2 aromatic carbocycles. The summed E-state index contributed by atoms with van der Waals surface area (Å²) < 4.78 is 13.2. The van der Waals surface area contributed by atoms with Crippen LogP contribution in [0.3, 0.4) is 0 Å². The van der Waals surface area contributed by atoms with Crippen molar-refractivity contribution in [3.05, 3.63) is 65.7 Å². The maximum Gasteiger partial charge on any atom is 0.221 e.